The van der Waals surface area contributed by atoms with Crippen LogP contribution in [0.25, 0.3) is 0 Å². The van der Waals surface area contributed by atoms with E-state index >= 15 is 0 Å². The molecule has 0 unspecified atom stereocenters. The maximum atomic E-state index is 12.6. The lowest BCUT2D eigenvalue weighted by molar-refractivity contribution is -0.767. The van der Waals surface area contributed by atoms with E-state index in [1.165, 1.54) is 32.4 Å². The Hall–Kier alpha value is -3.14. The van der Waals surface area contributed by atoms with Gasteiger partial charge in [-0.25, -0.2) is 4.79 Å². The molecule has 3 rings (SSSR count). The maximum absolute atomic E-state index is 12.6. The molecule has 0 radical (unpaired) electrons. The summed E-state index contributed by atoms with van der Waals surface area (Å²) in [5.74, 6) is -0.899. The lowest BCUT2D eigenvalue weighted by atomic mass is 9.96. The van der Waals surface area contributed by atoms with E-state index in [0.29, 0.717) is 6.04 Å². The van der Waals surface area contributed by atoms with Gasteiger partial charge in [0, 0.05) is 6.07 Å². The first-order chi connectivity index (χ1) is 13.1. The zero-order valence-corrected chi connectivity index (χ0v) is 15.4. The van der Waals surface area contributed by atoms with Gasteiger partial charge in [0.1, 0.15) is 6.07 Å². The van der Waals surface area contributed by atoms with Crippen LogP contribution < -0.4 is 10.00 Å². The van der Waals surface area contributed by atoms with Crippen molar-refractivity contribution in [1.29, 1.82) is 5.26 Å². The quantitative estimate of drug-likeness (QED) is 0.650. The van der Waals surface area contributed by atoms with E-state index in [9.17, 15) is 14.9 Å². The average Bonchev–Trinajstić information content (AvgIpc) is 3.16. The number of carbonyl (C=O) groups excluding carboxylic acids is 2. The highest BCUT2D eigenvalue weighted by molar-refractivity contribution is 6.02. The summed E-state index contributed by atoms with van der Waals surface area (Å²) in [6, 6.07) is 9.00. The Morgan fingerprint density at radius 1 is 1.30 bits per heavy atom. The molecule has 1 heterocycles. The molecule has 1 saturated carbocycles. The van der Waals surface area contributed by atoms with Gasteiger partial charge < -0.3 is 10.1 Å². The van der Waals surface area contributed by atoms with Crippen LogP contribution >= 0.6 is 0 Å². The molecular weight excluding hydrogens is 344 g/mol. The molecule has 0 spiro atoms. The molecule has 0 aliphatic heterocycles. The van der Waals surface area contributed by atoms with E-state index in [-0.39, 0.29) is 29.3 Å². The molecule has 1 fully saturated rings. The highest BCUT2D eigenvalue weighted by atomic mass is 16.5. The molecule has 1 N–H and O–H groups in total. The third-order valence-electron chi connectivity index (χ3n) is 4.90. The molecule has 1 aliphatic rings. The number of nitriles is 1. The highest BCUT2D eigenvalue weighted by Gasteiger charge is 2.24. The number of methoxy groups -OCH3 is 1. The summed E-state index contributed by atoms with van der Waals surface area (Å²) in [5.41, 5.74) is 0.574. The van der Waals surface area contributed by atoms with Crippen LogP contribution in [0.5, 0.6) is 0 Å². The van der Waals surface area contributed by atoms with Crippen LogP contribution in [0.3, 0.4) is 0 Å². The summed E-state index contributed by atoms with van der Waals surface area (Å²) in [7, 11) is 1.26. The number of benzene rings is 1. The minimum absolute atomic E-state index is 0.101. The van der Waals surface area contributed by atoms with Crippen molar-refractivity contribution in [3.63, 3.8) is 0 Å². The number of nitrogens with zero attached hydrogens (tertiary/aromatic N) is 3. The standard InChI is InChI=1S/C20H22N4O3/c1-27-20(26)17-10-5-7-15(13-21)19(17)22-18(25)14-23-11-6-12-24(23)16-8-3-2-4-9-16/h5-7,10-12,16H,2-4,8-9,14H2,1H3/p+1. The number of amides is 1. The Labute approximate surface area is 158 Å². The Morgan fingerprint density at radius 3 is 2.78 bits per heavy atom. The molecule has 0 saturated heterocycles. The second kappa shape index (κ2) is 8.49. The largest absolute Gasteiger partial charge is 0.465 e. The Kier molecular flexibility index (Phi) is 5.87. The molecule has 27 heavy (non-hydrogen) atoms. The van der Waals surface area contributed by atoms with E-state index in [1.54, 1.807) is 12.1 Å². The van der Waals surface area contributed by atoms with Crippen molar-refractivity contribution in [1.82, 2.24) is 4.68 Å². The van der Waals surface area contributed by atoms with Crippen LogP contribution in [0.4, 0.5) is 5.69 Å². The zero-order chi connectivity index (χ0) is 19.2. The number of anilines is 1. The fourth-order valence-corrected chi connectivity index (χ4v) is 3.59. The molecular formula is C20H23N4O3+. The van der Waals surface area contributed by atoms with Crippen LogP contribution in [0.2, 0.25) is 0 Å². The zero-order valence-electron chi connectivity index (χ0n) is 15.4. The molecule has 0 atom stereocenters. The first kappa shape index (κ1) is 18.6. The minimum Gasteiger partial charge on any atom is -0.465 e. The topological polar surface area (TPSA) is 88.0 Å². The van der Waals surface area contributed by atoms with Crippen LogP contribution in [0.15, 0.2) is 36.7 Å². The second-order valence-electron chi connectivity index (χ2n) is 6.64. The smallest absolute Gasteiger partial charge is 0.340 e. The molecule has 1 amide bonds. The summed E-state index contributed by atoms with van der Waals surface area (Å²) in [6.07, 6.45) is 9.75. The normalized spacial score (nSPS) is 14.4. The number of esters is 1. The van der Waals surface area contributed by atoms with E-state index < -0.39 is 5.97 Å². The van der Waals surface area contributed by atoms with Gasteiger partial charge in [-0.2, -0.15) is 9.94 Å². The molecule has 7 heteroatoms. The van der Waals surface area contributed by atoms with E-state index in [4.69, 9.17) is 4.74 Å². The predicted octanol–water partition coefficient (Wildman–Crippen LogP) is 2.58. The minimum atomic E-state index is -0.597. The van der Waals surface area contributed by atoms with Crippen LogP contribution in [0, 0.1) is 11.3 Å². The molecule has 1 aromatic heterocycles. The van der Waals surface area contributed by atoms with Gasteiger partial charge in [0.25, 0.3) is 5.91 Å². The number of hydrogen-bond donors (Lipinski definition) is 1. The molecule has 1 aliphatic carbocycles. The van der Waals surface area contributed by atoms with Crippen LogP contribution in [0.1, 0.15) is 54.1 Å². The fourth-order valence-electron chi connectivity index (χ4n) is 3.59. The Morgan fingerprint density at radius 2 is 2.07 bits per heavy atom. The number of carbonyl (C=O) groups is 2. The number of nitrogens with one attached hydrogen (secondary N) is 1. The van der Waals surface area contributed by atoms with Crippen molar-refractivity contribution < 1.29 is 19.0 Å². The number of hydrogen-bond acceptors (Lipinski definition) is 4. The third-order valence-corrected chi connectivity index (χ3v) is 4.90. The number of rotatable bonds is 5. The van der Waals surface area contributed by atoms with Gasteiger partial charge in [-0.15, -0.1) is 4.68 Å². The van der Waals surface area contributed by atoms with Gasteiger partial charge in [-0.3, -0.25) is 4.79 Å². The van der Waals surface area contributed by atoms with Gasteiger partial charge in [0.2, 0.25) is 6.54 Å². The first-order valence-corrected chi connectivity index (χ1v) is 9.12. The molecule has 140 valence electrons. The monoisotopic (exact) mass is 367 g/mol. The van der Waals surface area contributed by atoms with Crippen molar-refractivity contribution in [2.24, 2.45) is 0 Å². The maximum Gasteiger partial charge on any atom is 0.340 e. The van der Waals surface area contributed by atoms with Gasteiger partial charge >= 0.3 is 5.97 Å². The summed E-state index contributed by atoms with van der Waals surface area (Å²) < 4.78 is 8.73. The van der Waals surface area contributed by atoms with Crippen molar-refractivity contribution >= 4 is 17.6 Å². The Balaban J connectivity index is 1.79. The van der Waals surface area contributed by atoms with Gasteiger partial charge in [0.05, 0.1) is 36.2 Å². The number of aromatic nitrogens is 2. The highest BCUT2D eigenvalue weighted by Crippen LogP contribution is 2.26. The van der Waals surface area contributed by atoms with Gasteiger partial charge in [-0.05, 0) is 25.0 Å². The van der Waals surface area contributed by atoms with E-state index in [1.807, 2.05) is 29.2 Å². The lowest BCUT2D eigenvalue weighted by Crippen LogP contribution is -2.48. The molecule has 1 aromatic carbocycles. The summed E-state index contributed by atoms with van der Waals surface area (Å²) in [5, 5.41) is 12.0. The molecule has 2 aromatic rings. The SMILES string of the molecule is COC(=O)c1cccc(C#N)c1NC(=O)C[n+]1cccn1C1CCCCC1. The Bertz CT molecular complexity index is 876. The summed E-state index contributed by atoms with van der Waals surface area (Å²) in [4.78, 5) is 24.6. The van der Waals surface area contributed by atoms with Crippen LogP contribution in [-0.4, -0.2) is 23.7 Å². The van der Waals surface area contributed by atoms with Gasteiger partial charge in [-0.1, -0.05) is 25.3 Å². The van der Waals surface area contributed by atoms with Crippen molar-refractivity contribution in [2.75, 3.05) is 12.4 Å². The summed E-state index contributed by atoms with van der Waals surface area (Å²) in [6.45, 7) is 0.101. The van der Waals surface area contributed by atoms with Crippen LogP contribution in [-0.2, 0) is 16.1 Å². The third kappa shape index (κ3) is 4.17. The molecule has 7 nitrogen and oxygen atoms in total. The van der Waals surface area contributed by atoms with Gasteiger partial charge in [0.15, 0.2) is 6.20 Å². The predicted molar refractivity (Wildman–Crippen MR) is 97.9 cm³/mol. The fraction of sp³-hybridized carbons (Fsp3) is 0.400. The van der Waals surface area contributed by atoms with Crippen molar-refractivity contribution in [3.05, 3.63) is 47.8 Å². The van der Waals surface area contributed by atoms with E-state index in [2.05, 4.69) is 10.00 Å². The van der Waals surface area contributed by atoms with Crippen molar-refractivity contribution in [3.8, 4) is 6.07 Å². The lowest BCUT2D eigenvalue weighted by Gasteiger charge is -2.20. The van der Waals surface area contributed by atoms with E-state index in [0.717, 1.165) is 12.8 Å². The van der Waals surface area contributed by atoms with Crippen molar-refractivity contribution in [2.45, 2.75) is 44.7 Å². The number of para-hydroxylation sites is 1. The average molecular weight is 367 g/mol. The molecule has 0 bridgehead atoms. The second-order valence-corrected chi connectivity index (χ2v) is 6.64. The number of ether oxygens (including phenoxy) is 1. The summed E-state index contributed by atoms with van der Waals surface area (Å²) >= 11 is 0. The first-order valence-electron chi connectivity index (χ1n) is 9.12.